The van der Waals surface area contributed by atoms with E-state index < -0.39 is 0 Å². The molecule has 17 heavy (non-hydrogen) atoms. The minimum Gasteiger partial charge on any atom is -0.372 e. The van der Waals surface area contributed by atoms with Crippen molar-refractivity contribution >= 4 is 11.6 Å². The van der Waals surface area contributed by atoms with E-state index in [2.05, 4.69) is 11.1 Å². The van der Waals surface area contributed by atoms with E-state index in [-0.39, 0.29) is 6.10 Å². The molecule has 0 N–H and O–H groups in total. The maximum absolute atomic E-state index is 9.13. The van der Waals surface area contributed by atoms with Gasteiger partial charge in [-0.15, -0.1) is 0 Å². The van der Waals surface area contributed by atoms with Crippen molar-refractivity contribution < 1.29 is 4.74 Å². The molecule has 0 radical (unpaired) electrons. The maximum Gasteiger partial charge on any atom is 0.147 e. The number of nitriles is 1. The van der Waals surface area contributed by atoms with Gasteiger partial charge in [0.25, 0.3) is 0 Å². The van der Waals surface area contributed by atoms with Crippen LogP contribution in [0.15, 0.2) is 0 Å². The molecule has 1 fully saturated rings. The Morgan fingerprint density at radius 1 is 1.29 bits per heavy atom. The SMILES string of the molecule is N#Cc1c(Cl)nc(C2CCCO2)c2c1CCC2. The smallest absolute Gasteiger partial charge is 0.147 e. The summed E-state index contributed by atoms with van der Waals surface area (Å²) in [5.74, 6) is 0. The molecule has 1 atom stereocenters. The van der Waals surface area contributed by atoms with Crippen molar-refractivity contribution in [3.8, 4) is 6.07 Å². The highest BCUT2D eigenvalue weighted by atomic mass is 35.5. The molecule has 0 saturated carbocycles. The molecule has 4 heteroatoms. The van der Waals surface area contributed by atoms with Gasteiger partial charge in [-0.2, -0.15) is 5.26 Å². The van der Waals surface area contributed by atoms with Gasteiger partial charge in [-0.25, -0.2) is 4.98 Å². The van der Waals surface area contributed by atoms with Crippen LogP contribution in [0.4, 0.5) is 0 Å². The molecule has 3 nitrogen and oxygen atoms in total. The van der Waals surface area contributed by atoms with Crippen molar-refractivity contribution in [3.63, 3.8) is 0 Å². The van der Waals surface area contributed by atoms with Crippen LogP contribution in [0, 0.1) is 11.3 Å². The van der Waals surface area contributed by atoms with Crippen molar-refractivity contribution in [1.29, 1.82) is 5.26 Å². The maximum atomic E-state index is 9.13. The third-order valence-corrected chi connectivity index (χ3v) is 3.87. The van der Waals surface area contributed by atoms with E-state index in [1.54, 1.807) is 0 Å². The Morgan fingerprint density at radius 3 is 2.82 bits per heavy atom. The molecule has 3 rings (SSSR count). The molecule has 2 heterocycles. The molecule has 88 valence electrons. The largest absolute Gasteiger partial charge is 0.372 e. The fourth-order valence-corrected chi connectivity index (χ4v) is 3.08. The zero-order chi connectivity index (χ0) is 11.8. The molecule has 1 aromatic rings. The second-order valence-corrected chi connectivity index (χ2v) is 4.94. The van der Waals surface area contributed by atoms with Gasteiger partial charge in [0.1, 0.15) is 11.2 Å². The predicted molar refractivity (Wildman–Crippen MR) is 63.9 cm³/mol. The van der Waals surface area contributed by atoms with Crippen molar-refractivity contribution in [2.45, 2.75) is 38.2 Å². The quantitative estimate of drug-likeness (QED) is 0.718. The molecule has 1 aliphatic carbocycles. The second kappa shape index (κ2) is 4.29. The lowest BCUT2D eigenvalue weighted by atomic mass is 10.0. The molecular formula is C13H13ClN2O. The normalized spacial score (nSPS) is 22.5. The average Bonchev–Trinajstić information content (AvgIpc) is 2.99. The highest BCUT2D eigenvalue weighted by molar-refractivity contribution is 6.30. The Kier molecular flexibility index (Phi) is 2.78. The Labute approximate surface area is 105 Å². The number of nitrogens with zero attached hydrogens (tertiary/aromatic N) is 2. The van der Waals surface area contributed by atoms with Crippen molar-refractivity contribution in [2.75, 3.05) is 6.61 Å². The van der Waals surface area contributed by atoms with Crippen LogP contribution in [-0.2, 0) is 17.6 Å². The van der Waals surface area contributed by atoms with Crippen LogP contribution in [-0.4, -0.2) is 11.6 Å². The average molecular weight is 249 g/mol. The summed E-state index contributed by atoms with van der Waals surface area (Å²) in [7, 11) is 0. The molecule has 0 spiro atoms. The van der Waals surface area contributed by atoms with Crippen LogP contribution in [0.3, 0.4) is 0 Å². The van der Waals surface area contributed by atoms with Gasteiger partial charge < -0.3 is 4.74 Å². The number of fused-ring (bicyclic) bond motifs is 1. The zero-order valence-corrected chi connectivity index (χ0v) is 10.3. The van der Waals surface area contributed by atoms with Gasteiger partial charge in [-0.1, -0.05) is 11.6 Å². The van der Waals surface area contributed by atoms with E-state index in [0.29, 0.717) is 10.7 Å². The van der Waals surface area contributed by atoms with E-state index in [4.69, 9.17) is 21.6 Å². The van der Waals surface area contributed by atoms with Crippen LogP contribution in [0.5, 0.6) is 0 Å². The Hall–Kier alpha value is -1.11. The lowest BCUT2D eigenvalue weighted by Crippen LogP contribution is -2.07. The van der Waals surface area contributed by atoms with E-state index in [9.17, 15) is 0 Å². The standard InChI is InChI=1S/C13H13ClN2O/c14-13-10(7-15)8-3-1-4-9(8)12(16-13)11-5-2-6-17-11/h11H,1-6H2. The number of pyridine rings is 1. The van der Waals surface area contributed by atoms with Gasteiger partial charge in [-0.05, 0) is 43.2 Å². The lowest BCUT2D eigenvalue weighted by Gasteiger charge is -2.15. The number of ether oxygens (including phenoxy) is 1. The van der Waals surface area contributed by atoms with E-state index in [1.165, 1.54) is 5.56 Å². The molecule has 1 aliphatic heterocycles. The Balaban J connectivity index is 2.14. The summed E-state index contributed by atoms with van der Waals surface area (Å²) in [4.78, 5) is 4.42. The van der Waals surface area contributed by atoms with Gasteiger partial charge >= 0.3 is 0 Å². The fourth-order valence-electron chi connectivity index (χ4n) is 2.83. The van der Waals surface area contributed by atoms with Gasteiger partial charge in [0, 0.05) is 6.61 Å². The molecule has 1 unspecified atom stereocenters. The molecule has 0 aromatic carbocycles. The first-order valence-corrected chi connectivity index (χ1v) is 6.42. The van der Waals surface area contributed by atoms with Gasteiger partial charge in [-0.3, -0.25) is 0 Å². The monoisotopic (exact) mass is 248 g/mol. The van der Waals surface area contributed by atoms with E-state index in [0.717, 1.165) is 50.0 Å². The zero-order valence-electron chi connectivity index (χ0n) is 9.50. The molecule has 0 amide bonds. The number of hydrogen-bond donors (Lipinski definition) is 0. The number of hydrogen-bond acceptors (Lipinski definition) is 3. The summed E-state index contributed by atoms with van der Waals surface area (Å²) >= 11 is 6.10. The highest BCUT2D eigenvalue weighted by Gasteiger charge is 2.28. The lowest BCUT2D eigenvalue weighted by molar-refractivity contribution is 0.108. The molecule has 1 saturated heterocycles. The summed E-state index contributed by atoms with van der Waals surface area (Å²) in [6.07, 6.45) is 5.22. The molecule has 2 aliphatic rings. The third kappa shape index (κ3) is 1.72. The number of aromatic nitrogens is 1. The molecule has 1 aromatic heterocycles. The first-order valence-electron chi connectivity index (χ1n) is 6.04. The second-order valence-electron chi connectivity index (χ2n) is 4.59. The van der Waals surface area contributed by atoms with Crippen molar-refractivity contribution in [2.24, 2.45) is 0 Å². The first-order chi connectivity index (χ1) is 8.31. The fraction of sp³-hybridized carbons (Fsp3) is 0.538. The van der Waals surface area contributed by atoms with Crippen LogP contribution >= 0.6 is 11.6 Å². The summed E-state index contributed by atoms with van der Waals surface area (Å²) in [6.45, 7) is 0.804. The van der Waals surface area contributed by atoms with Gasteiger partial charge in [0.15, 0.2) is 0 Å². The molecular weight excluding hydrogens is 236 g/mol. The third-order valence-electron chi connectivity index (χ3n) is 3.60. The first kappa shape index (κ1) is 11.0. The Bertz CT molecular complexity index is 501. The summed E-state index contributed by atoms with van der Waals surface area (Å²) < 4.78 is 5.69. The summed E-state index contributed by atoms with van der Waals surface area (Å²) in [5.41, 5.74) is 3.88. The van der Waals surface area contributed by atoms with Crippen LogP contribution in [0.2, 0.25) is 5.15 Å². The van der Waals surface area contributed by atoms with Gasteiger partial charge in [0.05, 0.1) is 17.4 Å². The van der Waals surface area contributed by atoms with Gasteiger partial charge in [0.2, 0.25) is 0 Å². The van der Waals surface area contributed by atoms with Crippen LogP contribution < -0.4 is 0 Å². The predicted octanol–water partition coefficient (Wildman–Crippen LogP) is 2.95. The highest BCUT2D eigenvalue weighted by Crippen LogP contribution is 2.37. The number of halogens is 1. The molecule has 0 bridgehead atoms. The topological polar surface area (TPSA) is 45.9 Å². The van der Waals surface area contributed by atoms with Crippen molar-refractivity contribution in [1.82, 2.24) is 4.98 Å². The van der Waals surface area contributed by atoms with Crippen molar-refractivity contribution in [3.05, 3.63) is 27.5 Å². The summed E-state index contributed by atoms with van der Waals surface area (Å²) in [6, 6.07) is 2.18. The minimum absolute atomic E-state index is 0.0899. The summed E-state index contributed by atoms with van der Waals surface area (Å²) in [5, 5.41) is 9.48. The van der Waals surface area contributed by atoms with Crippen LogP contribution in [0.1, 0.15) is 47.8 Å². The van der Waals surface area contributed by atoms with E-state index >= 15 is 0 Å². The minimum atomic E-state index is 0.0899. The van der Waals surface area contributed by atoms with E-state index in [1.807, 2.05) is 0 Å². The number of rotatable bonds is 1. The van der Waals surface area contributed by atoms with Crippen LogP contribution in [0.25, 0.3) is 0 Å². The Morgan fingerprint density at radius 2 is 2.12 bits per heavy atom.